The van der Waals surface area contributed by atoms with Crippen molar-refractivity contribution in [3.8, 4) is 0 Å². The Morgan fingerprint density at radius 3 is 1.64 bits per heavy atom. The van der Waals surface area contributed by atoms with Gasteiger partial charge in [0, 0.05) is 25.3 Å². The van der Waals surface area contributed by atoms with E-state index in [9.17, 15) is 9.59 Å². The third-order valence-electron chi connectivity index (χ3n) is 1.22. The largest absolute Gasteiger partial charge is 0.273 e. The molecule has 6 heteroatoms. The highest BCUT2D eigenvalue weighted by Gasteiger charge is 2.04. The van der Waals surface area contributed by atoms with E-state index in [1.807, 2.05) is 0 Å². The number of nitrogens with zero attached hydrogens (tertiary/aromatic N) is 2. The molecule has 0 saturated carbocycles. The molecule has 6 nitrogen and oxygen atoms in total. The average molecular weight is 198 g/mol. The van der Waals surface area contributed by atoms with Crippen molar-refractivity contribution in [1.29, 1.82) is 0 Å². The van der Waals surface area contributed by atoms with Crippen LogP contribution >= 0.6 is 0 Å². The topological polar surface area (TPSA) is 82.9 Å². The lowest BCUT2D eigenvalue weighted by atomic mass is 10.3. The Bertz CT molecular complexity index is 222. The molecule has 2 amide bonds. The summed E-state index contributed by atoms with van der Waals surface area (Å²) in [5, 5.41) is 7.05. The van der Waals surface area contributed by atoms with Crippen molar-refractivity contribution in [3.63, 3.8) is 0 Å². The molecule has 0 aliphatic rings. The Labute approximate surface area is 82.4 Å². The highest BCUT2D eigenvalue weighted by atomic mass is 16.2. The smallest absolute Gasteiger partial charge is 0.240 e. The van der Waals surface area contributed by atoms with E-state index in [-0.39, 0.29) is 24.7 Å². The van der Waals surface area contributed by atoms with Crippen molar-refractivity contribution < 1.29 is 9.59 Å². The molecule has 0 unspecified atom stereocenters. The molecule has 0 heterocycles. The Balaban J connectivity index is 3.61. The van der Waals surface area contributed by atoms with E-state index in [0.29, 0.717) is 0 Å². The molecule has 0 fully saturated rings. The molecule has 2 N–H and O–H groups in total. The first-order chi connectivity index (χ1) is 6.70. The molecule has 0 aliphatic carbocycles. The Morgan fingerprint density at radius 2 is 1.36 bits per heavy atom. The molecule has 0 aromatic carbocycles. The van der Waals surface area contributed by atoms with Crippen LogP contribution in [-0.4, -0.2) is 24.2 Å². The van der Waals surface area contributed by atoms with Crippen LogP contribution < -0.4 is 10.9 Å². The summed E-state index contributed by atoms with van der Waals surface area (Å²) in [5.74, 6) is -0.586. The molecule has 0 saturated heterocycles. The summed E-state index contributed by atoms with van der Waals surface area (Å²) in [4.78, 5) is 21.9. The van der Waals surface area contributed by atoms with Crippen LogP contribution in [0.5, 0.6) is 0 Å². The van der Waals surface area contributed by atoms with E-state index in [4.69, 9.17) is 0 Å². The predicted octanol–water partition coefficient (Wildman–Crippen LogP) is 0.0104. The minimum atomic E-state index is -0.293. The SMILES string of the molecule is C/C=N\NC(=O)CCC(=O)N/N=C\C. The van der Waals surface area contributed by atoms with Crippen LogP contribution in [0.4, 0.5) is 0 Å². The van der Waals surface area contributed by atoms with Gasteiger partial charge in [-0.25, -0.2) is 10.9 Å². The second kappa shape index (κ2) is 7.90. The zero-order valence-electron chi connectivity index (χ0n) is 8.28. The van der Waals surface area contributed by atoms with Gasteiger partial charge >= 0.3 is 0 Å². The van der Waals surface area contributed by atoms with E-state index in [1.165, 1.54) is 12.4 Å². The van der Waals surface area contributed by atoms with Gasteiger partial charge in [0.05, 0.1) is 0 Å². The second-order valence-electron chi connectivity index (χ2n) is 2.34. The number of hydrazone groups is 2. The van der Waals surface area contributed by atoms with Gasteiger partial charge in [-0.1, -0.05) is 0 Å². The van der Waals surface area contributed by atoms with Gasteiger partial charge in [0.15, 0.2) is 0 Å². The molecule has 0 radical (unpaired) electrons. The monoisotopic (exact) mass is 198 g/mol. The molecule has 0 atom stereocenters. The van der Waals surface area contributed by atoms with Crippen LogP contribution in [0.15, 0.2) is 10.2 Å². The summed E-state index contributed by atoms with van der Waals surface area (Å²) in [7, 11) is 0. The van der Waals surface area contributed by atoms with E-state index >= 15 is 0 Å². The zero-order valence-corrected chi connectivity index (χ0v) is 8.28. The molecule has 0 spiro atoms. The number of amides is 2. The number of rotatable bonds is 5. The van der Waals surface area contributed by atoms with Crippen molar-refractivity contribution in [2.24, 2.45) is 10.2 Å². The number of carbonyl (C=O) groups excluding carboxylic acids is 2. The fourth-order valence-corrected chi connectivity index (χ4v) is 0.612. The fourth-order valence-electron chi connectivity index (χ4n) is 0.612. The first kappa shape index (κ1) is 12.3. The van der Waals surface area contributed by atoms with Crippen molar-refractivity contribution in [3.05, 3.63) is 0 Å². The number of nitrogens with one attached hydrogen (secondary N) is 2. The van der Waals surface area contributed by atoms with Gasteiger partial charge in [-0.15, -0.1) is 0 Å². The fraction of sp³-hybridized carbons (Fsp3) is 0.500. The minimum Gasteiger partial charge on any atom is -0.273 e. The van der Waals surface area contributed by atoms with Gasteiger partial charge in [-0.3, -0.25) is 9.59 Å². The quantitative estimate of drug-likeness (QED) is 0.482. The molecule has 0 rings (SSSR count). The molecule has 78 valence electrons. The van der Waals surface area contributed by atoms with E-state index in [0.717, 1.165) is 0 Å². The van der Waals surface area contributed by atoms with Crippen molar-refractivity contribution in [2.45, 2.75) is 26.7 Å². The summed E-state index contributed by atoms with van der Waals surface area (Å²) < 4.78 is 0. The molecule has 0 aliphatic heterocycles. The van der Waals surface area contributed by atoms with Crippen LogP contribution in [-0.2, 0) is 9.59 Å². The number of carbonyl (C=O) groups is 2. The van der Waals surface area contributed by atoms with Gasteiger partial charge < -0.3 is 0 Å². The van der Waals surface area contributed by atoms with Gasteiger partial charge in [-0.2, -0.15) is 10.2 Å². The van der Waals surface area contributed by atoms with E-state index < -0.39 is 0 Å². The molecule has 0 bridgehead atoms. The molecular formula is C8H14N4O2. The Kier molecular flexibility index (Phi) is 6.93. The van der Waals surface area contributed by atoms with Crippen LogP contribution in [0.1, 0.15) is 26.7 Å². The highest BCUT2D eigenvalue weighted by molar-refractivity contribution is 5.84. The normalized spacial score (nSPS) is 10.7. The lowest BCUT2D eigenvalue weighted by Crippen LogP contribution is -2.22. The Hall–Kier alpha value is -1.72. The van der Waals surface area contributed by atoms with Gasteiger partial charge in [0.1, 0.15) is 0 Å². The third-order valence-corrected chi connectivity index (χ3v) is 1.22. The molecular weight excluding hydrogens is 184 g/mol. The van der Waals surface area contributed by atoms with Crippen molar-refractivity contribution in [2.75, 3.05) is 0 Å². The van der Waals surface area contributed by atoms with Crippen molar-refractivity contribution >= 4 is 24.2 Å². The Morgan fingerprint density at radius 1 is 1.00 bits per heavy atom. The minimum absolute atomic E-state index is 0.0996. The maximum Gasteiger partial charge on any atom is 0.240 e. The zero-order chi connectivity index (χ0) is 10.8. The van der Waals surface area contributed by atoms with Crippen LogP contribution in [0.2, 0.25) is 0 Å². The van der Waals surface area contributed by atoms with Crippen LogP contribution in [0.25, 0.3) is 0 Å². The summed E-state index contributed by atoms with van der Waals surface area (Å²) >= 11 is 0. The molecule has 14 heavy (non-hydrogen) atoms. The number of hydrogen-bond acceptors (Lipinski definition) is 4. The highest BCUT2D eigenvalue weighted by Crippen LogP contribution is 1.88. The summed E-state index contributed by atoms with van der Waals surface area (Å²) in [6, 6.07) is 0. The molecule has 0 aromatic heterocycles. The van der Waals surface area contributed by atoms with Gasteiger partial charge in [-0.05, 0) is 13.8 Å². The summed E-state index contributed by atoms with van der Waals surface area (Å²) in [5.41, 5.74) is 4.51. The summed E-state index contributed by atoms with van der Waals surface area (Å²) in [6.07, 6.45) is 3.11. The van der Waals surface area contributed by atoms with E-state index in [2.05, 4.69) is 21.1 Å². The number of hydrogen-bond donors (Lipinski definition) is 2. The standard InChI is InChI=1S/C8H14N4O2/c1-3-9-11-7(13)5-6-8(14)12-10-4-2/h3-4H,5-6H2,1-2H3,(H,11,13)(H,12,14)/b9-3-,10-4-. The van der Waals surface area contributed by atoms with Gasteiger partial charge in [0.25, 0.3) is 0 Å². The average Bonchev–Trinajstić information content (AvgIpc) is 2.20. The van der Waals surface area contributed by atoms with E-state index in [1.54, 1.807) is 13.8 Å². The summed E-state index contributed by atoms with van der Waals surface area (Å²) in [6.45, 7) is 3.37. The predicted molar refractivity (Wildman–Crippen MR) is 53.9 cm³/mol. The maximum atomic E-state index is 10.9. The first-order valence-electron chi connectivity index (χ1n) is 4.23. The van der Waals surface area contributed by atoms with Gasteiger partial charge in [0.2, 0.25) is 11.8 Å². The first-order valence-corrected chi connectivity index (χ1v) is 4.23. The maximum absolute atomic E-state index is 10.9. The van der Waals surface area contributed by atoms with Crippen LogP contribution in [0.3, 0.4) is 0 Å². The lowest BCUT2D eigenvalue weighted by Gasteiger charge is -1.98. The second-order valence-corrected chi connectivity index (χ2v) is 2.34. The molecule has 0 aromatic rings. The van der Waals surface area contributed by atoms with Crippen molar-refractivity contribution in [1.82, 2.24) is 10.9 Å². The third kappa shape index (κ3) is 6.96. The lowest BCUT2D eigenvalue weighted by molar-refractivity contribution is -0.126. The van der Waals surface area contributed by atoms with Crippen LogP contribution in [0, 0.1) is 0 Å².